The summed E-state index contributed by atoms with van der Waals surface area (Å²) >= 11 is 3.35. The Hall–Kier alpha value is -0.450. The van der Waals surface area contributed by atoms with Gasteiger partial charge in [0.1, 0.15) is 4.60 Å². The Labute approximate surface area is 99.4 Å². The summed E-state index contributed by atoms with van der Waals surface area (Å²) in [5, 5.41) is 3.40. The molecule has 84 valence electrons. The molecule has 0 amide bonds. The minimum atomic E-state index is -0.0290. The van der Waals surface area contributed by atoms with Crippen molar-refractivity contribution in [1.29, 1.82) is 0 Å². The molecule has 1 heterocycles. The Morgan fingerprint density at radius 2 is 2.20 bits per heavy atom. The molecular weight excluding hydrogens is 256 g/mol. The first kappa shape index (κ1) is 12.6. The highest BCUT2D eigenvalue weighted by Crippen LogP contribution is 2.08. The van der Waals surface area contributed by atoms with Gasteiger partial charge >= 0.3 is 0 Å². The number of rotatable bonds is 5. The van der Waals surface area contributed by atoms with Crippen molar-refractivity contribution < 1.29 is 4.74 Å². The standard InChI is InChI=1S/C11H17BrN2O/c1-11(2,8-15-3)13-7-9-5-4-6-10(12)14-9/h4-6,13H,7-8H2,1-3H3. The number of ether oxygens (including phenoxy) is 1. The second-order valence-electron chi connectivity index (χ2n) is 4.12. The zero-order valence-corrected chi connectivity index (χ0v) is 11.0. The van der Waals surface area contributed by atoms with Gasteiger partial charge in [-0.25, -0.2) is 4.98 Å². The third-order valence-corrected chi connectivity index (χ3v) is 2.47. The molecule has 4 heteroatoms. The number of nitrogens with zero attached hydrogens (tertiary/aromatic N) is 1. The van der Waals surface area contributed by atoms with Crippen LogP contribution in [0.2, 0.25) is 0 Å². The predicted molar refractivity (Wildman–Crippen MR) is 64.7 cm³/mol. The summed E-state index contributed by atoms with van der Waals surface area (Å²) in [6, 6.07) is 5.90. The largest absolute Gasteiger partial charge is 0.383 e. The highest BCUT2D eigenvalue weighted by molar-refractivity contribution is 9.10. The minimum Gasteiger partial charge on any atom is -0.383 e. The molecule has 0 aliphatic rings. The molecule has 0 radical (unpaired) electrons. The van der Waals surface area contributed by atoms with Crippen LogP contribution in [0.15, 0.2) is 22.8 Å². The van der Waals surface area contributed by atoms with Crippen molar-refractivity contribution in [3.63, 3.8) is 0 Å². The Morgan fingerprint density at radius 3 is 2.80 bits per heavy atom. The zero-order chi connectivity index (χ0) is 11.3. The van der Waals surface area contributed by atoms with Crippen LogP contribution in [0.5, 0.6) is 0 Å². The lowest BCUT2D eigenvalue weighted by atomic mass is 10.1. The fourth-order valence-electron chi connectivity index (χ4n) is 1.29. The van der Waals surface area contributed by atoms with E-state index in [-0.39, 0.29) is 5.54 Å². The van der Waals surface area contributed by atoms with Gasteiger partial charge in [-0.05, 0) is 41.9 Å². The molecule has 15 heavy (non-hydrogen) atoms. The number of nitrogens with one attached hydrogen (secondary N) is 1. The lowest BCUT2D eigenvalue weighted by Gasteiger charge is -2.25. The van der Waals surface area contributed by atoms with Crippen molar-refractivity contribution in [2.75, 3.05) is 13.7 Å². The Morgan fingerprint density at radius 1 is 1.47 bits per heavy atom. The van der Waals surface area contributed by atoms with E-state index in [1.807, 2.05) is 18.2 Å². The topological polar surface area (TPSA) is 34.1 Å². The van der Waals surface area contributed by atoms with Crippen LogP contribution in [0.3, 0.4) is 0 Å². The minimum absolute atomic E-state index is 0.0290. The lowest BCUT2D eigenvalue weighted by molar-refractivity contribution is 0.127. The number of methoxy groups -OCH3 is 1. The van der Waals surface area contributed by atoms with E-state index >= 15 is 0 Å². The summed E-state index contributed by atoms with van der Waals surface area (Å²) < 4.78 is 5.99. The van der Waals surface area contributed by atoms with Gasteiger partial charge in [0, 0.05) is 19.2 Å². The number of aromatic nitrogens is 1. The number of hydrogen-bond acceptors (Lipinski definition) is 3. The number of pyridine rings is 1. The van der Waals surface area contributed by atoms with Gasteiger partial charge in [-0.3, -0.25) is 0 Å². The molecule has 0 fully saturated rings. The predicted octanol–water partition coefficient (Wildman–Crippen LogP) is 2.36. The van der Waals surface area contributed by atoms with Crippen LogP contribution in [0.1, 0.15) is 19.5 Å². The Balaban J connectivity index is 2.49. The van der Waals surface area contributed by atoms with E-state index in [1.165, 1.54) is 0 Å². The monoisotopic (exact) mass is 272 g/mol. The van der Waals surface area contributed by atoms with Gasteiger partial charge in [0.15, 0.2) is 0 Å². The van der Waals surface area contributed by atoms with Crippen LogP contribution in [-0.4, -0.2) is 24.2 Å². The molecule has 0 saturated carbocycles. The van der Waals surface area contributed by atoms with Crippen molar-refractivity contribution in [3.8, 4) is 0 Å². The number of halogens is 1. The molecule has 0 aromatic carbocycles. The highest BCUT2D eigenvalue weighted by Gasteiger charge is 2.16. The zero-order valence-electron chi connectivity index (χ0n) is 9.38. The maximum absolute atomic E-state index is 5.13. The average Bonchev–Trinajstić information content (AvgIpc) is 2.15. The fraction of sp³-hybridized carbons (Fsp3) is 0.545. The van der Waals surface area contributed by atoms with Crippen molar-refractivity contribution >= 4 is 15.9 Å². The molecule has 1 aromatic rings. The Bertz CT molecular complexity index is 315. The van der Waals surface area contributed by atoms with E-state index in [1.54, 1.807) is 7.11 Å². The fourth-order valence-corrected chi connectivity index (χ4v) is 1.67. The van der Waals surface area contributed by atoms with Gasteiger partial charge in [-0.2, -0.15) is 0 Å². The van der Waals surface area contributed by atoms with Gasteiger partial charge in [0.2, 0.25) is 0 Å². The van der Waals surface area contributed by atoms with Crippen molar-refractivity contribution in [3.05, 3.63) is 28.5 Å². The summed E-state index contributed by atoms with van der Waals surface area (Å²) in [6.45, 7) is 5.64. The van der Waals surface area contributed by atoms with Gasteiger partial charge in [0.05, 0.1) is 12.3 Å². The van der Waals surface area contributed by atoms with Crippen molar-refractivity contribution in [2.45, 2.75) is 25.9 Å². The smallest absolute Gasteiger partial charge is 0.106 e. The molecule has 0 aliphatic carbocycles. The van der Waals surface area contributed by atoms with E-state index in [0.717, 1.165) is 16.8 Å². The van der Waals surface area contributed by atoms with Crippen LogP contribution in [0.25, 0.3) is 0 Å². The average molecular weight is 273 g/mol. The maximum atomic E-state index is 5.13. The lowest BCUT2D eigenvalue weighted by Crippen LogP contribution is -2.42. The first-order valence-electron chi connectivity index (χ1n) is 4.89. The summed E-state index contributed by atoms with van der Waals surface area (Å²) in [6.07, 6.45) is 0. The maximum Gasteiger partial charge on any atom is 0.106 e. The molecule has 1 rings (SSSR count). The van der Waals surface area contributed by atoms with Crippen LogP contribution in [0, 0.1) is 0 Å². The van der Waals surface area contributed by atoms with Gasteiger partial charge in [0.25, 0.3) is 0 Å². The molecule has 0 atom stereocenters. The summed E-state index contributed by atoms with van der Waals surface area (Å²) in [7, 11) is 1.71. The van der Waals surface area contributed by atoms with Crippen molar-refractivity contribution in [1.82, 2.24) is 10.3 Å². The quantitative estimate of drug-likeness (QED) is 0.836. The second-order valence-corrected chi connectivity index (χ2v) is 4.93. The second kappa shape index (κ2) is 5.58. The normalized spacial score (nSPS) is 11.7. The van der Waals surface area contributed by atoms with Crippen molar-refractivity contribution in [2.24, 2.45) is 0 Å². The Kier molecular flexibility index (Phi) is 4.70. The molecule has 3 nitrogen and oxygen atoms in total. The van der Waals surface area contributed by atoms with Crippen LogP contribution >= 0.6 is 15.9 Å². The van der Waals surface area contributed by atoms with Gasteiger partial charge in [-0.15, -0.1) is 0 Å². The third kappa shape index (κ3) is 4.73. The van der Waals surface area contributed by atoms with Gasteiger partial charge < -0.3 is 10.1 Å². The first-order valence-corrected chi connectivity index (χ1v) is 5.68. The SMILES string of the molecule is COCC(C)(C)NCc1cccc(Br)n1. The third-order valence-electron chi connectivity index (χ3n) is 2.03. The molecule has 1 aromatic heterocycles. The van der Waals surface area contributed by atoms with Crippen LogP contribution < -0.4 is 5.32 Å². The first-order chi connectivity index (χ1) is 7.03. The molecular formula is C11H17BrN2O. The van der Waals surface area contributed by atoms with Gasteiger partial charge in [-0.1, -0.05) is 6.07 Å². The van der Waals surface area contributed by atoms with E-state index in [0.29, 0.717) is 6.61 Å². The molecule has 0 saturated heterocycles. The van der Waals surface area contributed by atoms with Crippen LogP contribution in [0.4, 0.5) is 0 Å². The van der Waals surface area contributed by atoms with E-state index in [4.69, 9.17) is 4.74 Å². The summed E-state index contributed by atoms with van der Waals surface area (Å²) in [5.41, 5.74) is 0.993. The highest BCUT2D eigenvalue weighted by atomic mass is 79.9. The summed E-state index contributed by atoms with van der Waals surface area (Å²) in [5.74, 6) is 0. The molecule has 0 aliphatic heterocycles. The van der Waals surface area contributed by atoms with E-state index in [9.17, 15) is 0 Å². The van der Waals surface area contributed by atoms with E-state index < -0.39 is 0 Å². The van der Waals surface area contributed by atoms with Crippen LogP contribution in [-0.2, 0) is 11.3 Å². The number of hydrogen-bond donors (Lipinski definition) is 1. The molecule has 1 N–H and O–H groups in total. The summed E-state index contributed by atoms with van der Waals surface area (Å²) in [4.78, 5) is 4.35. The van der Waals surface area contributed by atoms with E-state index in [2.05, 4.69) is 40.1 Å². The molecule has 0 unspecified atom stereocenters. The molecule has 0 spiro atoms. The molecule has 0 bridgehead atoms.